The van der Waals surface area contributed by atoms with Gasteiger partial charge in [-0.25, -0.2) is 4.98 Å². The molecular formula is C23H27N5O2. The highest BCUT2D eigenvalue weighted by atomic mass is 16.5. The molecule has 1 atom stereocenters. The van der Waals surface area contributed by atoms with E-state index >= 15 is 0 Å². The summed E-state index contributed by atoms with van der Waals surface area (Å²) in [7, 11) is 0. The zero-order valence-corrected chi connectivity index (χ0v) is 17.0. The van der Waals surface area contributed by atoms with Crippen molar-refractivity contribution in [1.82, 2.24) is 24.5 Å². The molecule has 0 bridgehead atoms. The fourth-order valence-corrected chi connectivity index (χ4v) is 4.33. The Morgan fingerprint density at radius 1 is 1.07 bits per heavy atom. The Bertz CT molecular complexity index is 992. The van der Waals surface area contributed by atoms with E-state index in [4.69, 9.17) is 9.72 Å². The van der Waals surface area contributed by atoms with Crippen molar-refractivity contribution < 1.29 is 9.53 Å². The van der Waals surface area contributed by atoms with Gasteiger partial charge in [0, 0.05) is 57.1 Å². The summed E-state index contributed by atoms with van der Waals surface area (Å²) in [5, 5.41) is 3.20. The monoisotopic (exact) mass is 405 g/mol. The summed E-state index contributed by atoms with van der Waals surface area (Å²) in [6.07, 6.45) is 4.94. The topological polar surface area (TPSA) is 62.1 Å². The number of nitrogens with one attached hydrogen (secondary N) is 1. The molecule has 0 saturated carbocycles. The maximum Gasteiger partial charge on any atom is 0.234 e. The Kier molecular flexibility index (Phi) is 5.38. The van der Waals surface area contributed by atoms with Gasteiger partial charge in [0.25, 0.3) is 0 Å². The van der Waals surface area contributed by atoms with Crippen molar-refractivity contribution in [1.29, 1.82) is 0 Å². The number of hydrogen-bond acceptors (Lipinski definition) is 5. The normalized spacial score (nSPS) is 19.9. The highest BCUT2D eigenvalue weighted by Crippen LogP contribution is 2.31. The molecule has 156 valence electrons. The van der Waals surface area contributed by atoms with Crippen LogP contribution in [0.5, 0.6) is 5.75 Å². The number of carbonyl (C=O) groups excluding carboxylic acids is 1. The van der Waals surface area contributed by atoms with E-state index < -0.39 is 0 Å². The smallest absolute Gasteiger partial charge is 0.234 e. The van der Waals surface area contributed by atoms with E-state index in [0.29, 0.717) is 13.2 Å². The van der Waals surface area contributed by atoms with Gasteiger partial charge in [0.2, 0.25) is 5.91 Å². The first-order valence-corrected chi connectivity index (χ1v) is 10.6. The van der Waals surface area contributed by atoms with Crippen LogP contribution >= 0.6 is 0 Å². The predicted octanol–water partition coefficient (Wildman–Crippen LogP) is 2.09. The van der Waals surface area contributed by atoms with Gasteiger partial charge >= 0.3 is 0 Å². The van der Waals surface area contributed by atoms with Gasteiger partial charge in [0.05, 0.1) is 24.9 Å². The molecule has 5 rings (SSSR count). The van der Waals surface area contributed by atoms with E-state index in [-0.39, 0.29) is 11.9 Å². The number of para-hydroxylation sites is 1. The molecule has 4 heterocycles. The molecule has 2 aliphatic rings. The van der Waals surface area contributed by atoms with Gasteiger partial charge in [-0.3, -0.25) is 14.6 Å². The minimum atomic E-state index is 0.0405. The Labute approximate surface area is 176 Å². The van der Waals surface area contributed by atoms with Crippen LogP contribution in [0.2, 0.25) is 0 Å². The van der Waals surface area contributed by atoms with Gasteiger partial charge in [-0.15, -0.1) is 0 Å². The van der Waals surface area contributed by atoms with Gasteiger partial charge in [0.15, 0.2) is 0 Å². The fraction of sp³-hybridized carbons (Fsp3) is 0.391. The Morgan fingerprint density at radius 3 is 2.73 bits per heavy atom. The molecule has 1 N–H and O–H groups in total. The average Bonchev–Trinajstić information content (AvgIpc) is 3.18. The predicted molar refractivity (Wildman–Crippen MR) is 114 cm³/mol. The molecule has 7 heteroatoms. The summed E-state index contributed by atoms with van der Waals surface area (Å²) in [4.78, 5) is 22.0. The lowest BCUT2D eigenvalue weighted by Gasteiger charge is -2.34. The second-order valence-corrected chi connectivity index (χ2v) is 8.05. The standard InChI is InChI=1S/C23H27N5O2/c29-23(25-20-8-14-30-21-6-2-1-5-19(20)21)17-27-12-10-26(11-13-27)15-18-16-28-9-4-3-7-22(28)24-18/h1-7,9,16,20H,8,10-15,17H2,(H,25,29). The molecule has 1 unspecified atom stereocenters. The molecule has 0 radical (unpaired) electrons. The molecule has 1 aromatic carbocycles. The Balaban J connectivity index is 1.11. The van der Waals surface area contributed by atoms with Gasteiger partial charge in [-0.2, -0.15) is 0 Å². The number of fused-ring (bicyclic) bond motifs is 2. The molecule has 0 aliphatic carbocycles. The quantitative estimate of drug-likeness (QED) is 0.704. The summed E-state index contributed by atoms with van der Waals surface area (Å²) in [6.45, 7) is 5.62. The van der Waals surface area contributed by atoms with Gasteiger partial charge in [0.1, 0.15) is 11.4 Å². The summed E-state index contributed by atoms with van der Waals surface area (Å²) >= 11 is 0. The second-order valence-electron chi connectivity index (χ2n) is 8.05. The summed E-state index contributed by atoms with van der Waals surface area (Å²) in [5.74, 6) is 0.972. The first-order valence-electron chi connectivity index (χ1n) is 10.6. The number of imidazole rings is 1. The molecule has 7 nitrogen and oxygen atoms in total. The van der Waals surface area contributed by atoms with Crippen LogP contribution in [0.25, 0.3) is 5.65 Å². The van der Waals surface area contributed by atoms with Crippen LogP contribution in [0.4, 0.5) is 0 Å². The molecular weight excluding hydrogens is 378 g/mol. The number of hydrogen-bond donors (Lipinski definition) is 1. The largest absolute Gasteiger partial charge is 0.493 e. The number of piperazine rings is 1. The molecule has 30 heavy (non-hydrogen) atoms. The summed E-state index contributed by atoms with van der Waals surface area (Å²) < 4.78 is 7.75. The van der Waals surface area contributed by atoms with E-state index in [1.54, 1.807) is 0 Å². The zero-order valence-electron chi connectivity index (χ0n) is 17.0. The van der Waals surface area contributed by atoms with Crippen LogP contribution in [0.1, 0.15) is 23.7 Å². The van der Waals surface area contributed by atoms with E-state index in [9.17, 15) is 4.79 Å². The number of rotatable bonds is 5. The lowest BCUT2D eigenvalue weighted by Crippen LogP contribution is -2.49. The molecule has 2 aromatic heterocycles. The van der Waals surface area contributed by atoms with Crippen LogP contribution in [0.15, 0.2) is 54.9 Å². The van der Waals surface area contributed by atoms with Crippen molar-refractivity contribution in [2.45, 2.75) is 19.0 Å². The van der Waals surface area contributed by atoms with Crippen LogP contribution in [0.3, 0.4) is 0 Å². The minimum Gasteiger partial charge on any atom is -0.493 e. The van der Waals surface area contributed by atoms with Crippen molar-refractivity contribution in [2.75, 3.05) is 39.3 Å². The highest BCUT2D eigenvalue weighted by molar-refractivity contribution is 5.78. The number of amides is 1. The maximum atomic E-state index is 12.6. The first kappa shape index (κ1) is 19.1. The van der Waals surface area contributed by atoms with E-state index in [0.717, 1.165) is 61.8 Å². The summed E-state index contributed by atoms with van der Waals surface area (Å²) in [6, 6.07) is 14.1. The van der Waals surface area contributed by atoms with E-state index in [1.165, 1.54) is 0 Å². The first-order chi connectivity index (χ1) is 14.7. The fourth-order valence-electron chi connectivity index (χ4n) is 4.33. The highest BCUT2D eigenvalue weighted by Gasteiger charge is 2.24. The third kappa shape index (κ3) is 4.17. The van der Waals surface area contributed by atoms with Crippen molar-refractivity contribution in [3.8, 4) is 5.75 Å². The SMILES string of the molecule is O=C(CN1CCN(Cc2cn3ccccc3n2)CC1)NC1CCOc2ccccc21. The molecule has 1 saturated heterocycles. The van der Waals surface area contributed by atoms with Crippen LogP contribution < -0.4 is 10.1 Å². The molecule has 1 fully saturated rings. The average molecular weight is 406 g/mol. The third-order valence-electron chi connectivity index (χ3n) is 5.93. The van der Waals surface area contributed by atoms with Crippen molar-refractivity contribution >= 4 is 11.6 Å². The minimum absolute atomic E-state index is 0.0405. The lowest BCUT2D eigenvalue weighted by atomic mass is 10.0. The van der Waals surface area contributed by atoms with E-state index in [1.807, 2.05) is 48.7 Å². The number of ether oxygens (including phenoxy) is 1. The molecule has 2 aliphatic heterocycles. The van der Waals surface area contributed by atoms with E-state index in [2.05, 4.69) is 25.7 Å². The third-order valence-corrected chi connectivity index (χ3v) is 5.93. The van der Waals surface area contributed by atoms with Gasteiger partial charge in [-0.1, -0.05) is 24.3 Å². The number of benzene rings is 1. The van der Waals surface area contributed by atoms with Crippen molar-refractivity contribution in [2.24, 2.45) is 0 Å². The Morgan fingerprint density at radius 2 is 1.87 bits per heavy atom. The second kappa shape index (κ2) is 8.45. The maximum absolute atomic E-state index is 12.6. The van der Waals surface area contributed by atoms with Crippen LogP contribution in [0, 0.1) is 0 Å². The van der Waals surface area contributed by atoms with Crippen LogP contribution in [-0.2, 0) is 11.3 Å². The Hall–Kier alpha value is -2.90. The van der Waals surface area contributed by atoms with Crippen LogP contribution in [-0.4, -0.2) is 64.4 Å². The lowest BCUT2D eigenvalue weighted by molar-refractivity contribution is -0.123. The molecule has 1 amide bonds. The van der Waals surface area contributed by atoms with Gasteiger partial charge in [-0.05, 0) is 18.2 Å². The van der Waals surface area contributed by atoms with Crippen molar-refractivity contribution in [3.05, 3.63) is 66.1 Å². The number of pyridine rings is 1. The summed E-state index contributed by atoms with van der Waals surface area (Å²) in [5.41, 5.74) is 3.15. The zero-order chi connectivity index (χ0) is 20.3. The number of aromatic nitrogens is 2. The van der Waals surface area contributed by atoms with Gasteiger partial charge < -0.3 is 14.5 Å². The number of nitrogens with zero attached hydrogens (tertiary/aromatic N) is 4. The van der Waals surface area contributed by atoms with Crippen molar-refractivity contribution in [3.63, 3.8) is 0 Å². The molecule has 3 aromatic rings. The number of carbonyl (C=O) groups is 1. The molecule has 0 spiro atoms.